The zero-order valence-electron chi connectivity index (χ0n) is 8.79. The summed E-state index contributed by atoms with van der Waals surface area (Å²) < 4.78 is 30.8. The Morgan fingerprint density at radius 2 is 1.59 bits per heavy atom. The number of hydrogen-bond donors (Lipinski definition) is 0. The molecule has 17 heavy (non-hydrogen) atoms. The van der Waals surface area contributed by atoms with Gasteiger partial charge in [0.2, 0.25) is 0 Å². The Morgan fingerprint density at radius 1 is 0.941 bits per heavy atom. The van der Waals surface area contributed by atoms with Gasteiger partial charge in [0, 0.05) is 0 Å². The van der Waals surface area contributed by atoms with Crippen LogP contribution in [-0.4, -0.2) is 0 Å². The highest BCUT2D eigenvalue weighted by molar-refractivity contribution is 6.32. The molecule has 0 fully saturated rings. The first kappa shape index (κ1) is 11.9. The second-order valence-corrected chi connectivity index (χ2v) is 3.90. The molecule has 0 heterocycles. The summed E-state index contributed by atoms with van der Waals surface area (Å²) in [6.45, 7) is 0.256. The van der Waals surface area contributed by atoms with Gasteiger partial charge in [-0.3, -0.25) is 0 Å². The normalized spacial score (nSPS) is 10.3. The summed E-state index contributed by atoms with van der Waals surface area (Å²) in [6.07, 6.45) is 0. The van der Waals surface area contributed by atoms with Crippen molar-refractivity contribution in [3.8, 4) is 5.75 Å². The van der Waals surface area contributed by atoms with E-state index in [2.05, 4.69) is 0 Å². The van der Waals surface area contributed by atoms with Crippen molar-refractivity contribution in [3.05, 3.63) is 64.7 Å². The Bertz CT molecular complexity index is 511. The van der Waals surface area contributed by atoms with Gasteiger partial charge in [-0.05, 0) is 35.9 Å². The third-order valence-electron chi connectivity index (χ3n) is 2.20. The van der Waals surface area contributed by atoms with Crippen molar-refractivity contribution in [2.45, 2.75) is 6.61 Å². The summed E-state index contributed by atoms with van der Waals surface area (Å²) in [6, 6.07) is 9.85. The van der Waals surface area contributed by atoms with Gasteiger partial charge in [-0.25, -0.2) is 8.78 Å². The fourth-order valence-corrected chi connectivity index (χ4v) is 1.56. The second kappa shape index (κ2) is 5.15. The number of hydrogen-bond acceptors (Lipinski definition) is 1. The lowest BCUT2D eigenvalue weighted by atomic mass is 10.2. The van der Waals surface area contributed by atoms with Gasteiger partial charge < -0.3 is 4.74 Å². The lowest BCUT2D eigenvalue weighted by Gasteiger charge is -2.07. The Labute approximate surface area is 103 Å². The van der Waals surface area contributed by atoms with E-state index in [1.165, 1.54) is 30.3 Å². The molecule has 0 aliphatic heterocycles. The number of halogens is 3. The highest BCUT2D eigenvalue weighted by atomic mass is 35.5. The van der Waals surface area contributed by atoms with Gasteiger partial charge in [0.1, 0.15) is 24.0 Å². The van der Waals surface area contributed by atoms with E-state index in [4.69, 9.17) is 16.3 Å². The lowest BCUT2D eigenvalue weighted by Crippen LogP contribution is -1.96. The topological polar surface area (TPSA) is 9.23 Å². The third-order valence-corrected chi connectivity index (χ3v) is 2.50. The van der Waals surface area contributed by atoms with E-state index in [9.17, 15) is 8.78 Å². The van der Waals surface area contributed by atoms with Gasteiger partial charge in [0.15, 0.2) is 0 Å². The van der Waals surface area contributed by atoms with Gasteiger partial charge in [-0.1, -0.05) is 23.7 Å². The van der Waals surface area contributed by atoms with E-state index in [0.717, 1.165) is 5.56 Å². The van der Waals surface area contributed by atoms with Crippen LogP contribution in [0.3, 0.4) is 0 Å². The largest absolute Gasteiger partial charge is 0.487 e. The van der Waals surface area contributed by atoms with Crippen molar-refractivity contribution in [1.82, 2.24) is 0 Å². The van der Waals surface area contributed by atoms with Crippen molar-refractivity contribution < 1.29 is 13.5 Å². The average Bonchev–Trinajstić information content (AvgIpc) is 2.30. The van der Waals surface area contributed by atoms with Gasteiger partial charge in [0.05, 0.1) is 5.02 Å². The lowest BCUT2D eigenvalue weighted by molar-refractivity contribution is 0.306. The first-order chi connectivity index (χ1) is 8.15. The predicted octanol–water partition coefficient (Wildman–Crippen LogP) is 4.20. The van der Waals surface area contributed by atoms with Crippen LogP contribution in [0.1, 0.15) is 5.56 Å². The fraction of sp³-hybridized carbons (Fsp3) is 0.0769. The summed E-state index contributed by atoms with van der Waals surface area (Å²) in [5, 5.41) is 0.215. The van der Waals surface area contributed by atoms with E-state index in [0.29, 0.717) is 5.75 Å². The second-order valence-electron chi connectivity index (χ2n) is 3.49. The van der Waals surface area contributed by atoms with Crippen LogP contribution < -0.4 is 4.74 Å². The van der Waals surface area contributed by atoms with E-state index >= 15 is 0 Å². The van der Waals surface area contributed by atoms with Crippen molar-refractivity contribution in [1.29, 1.82) is 0 Å². The summed E-state index contributed by atoms with van der Waals surface area (Å²) in [4.78, 5) is 0. The van der Waals surface area contributed by atoms with E-state index < -0.39 is 5.82 Å². The van der Waals surface area contributed by atoms with Gasteiger partial charge in [-0.2, -0.15) is 0 Å². The molecule has 0 unspecified atom stereocenters. The molecule has 2 aromatic rings. The quantitative estimate of drug-likeness (QED) is 0.798. The number of rotatable bonds is 3. The van der Waals surface area contributed by atoms with Crippen LogP contribution in [0.2, 0.25) is 5.02 Å². The molecule has 0 bridgehead atoms. The van der Waals surface area contributed by atoms with Crippen LogP contribution in [0.4, 0.5) is 8.78 Å². The van der Waals surface area contributed by atoms with E-state index in [1.54, 1.807) is 12.1 Å². The molecule has 0 N–H and O–H groups in total. The van der Waals surface area contributed by atoms with Crippen LogP contribution in [-0.2, 0) is 6.61 Å². The molecule has 0 saturated carbocycles. The molecular formula is C13H9ClF2O. The minimum absolute atomic E-state index is 0.215. The molecular weight excluding hydrogens is 246 g/mol. The smallest absolute Gasteiger partial charge is 0.138 e. The Balaban J connectivity index is 2.04. The van der Waals surface area contributed by atoms with Crippen molar-refractivity contribution in [2.24, 2.45) is 0 Å². The highest BCUT2D eigenvalue weighted by Gasteiger charge is 2.03. The molecule has 0 aliphatic rings. The summed E-state index contributed by atoms with van der Waals surface area (Å²) in [7, 11) is 0. The molecule has 0 spiro atoms. The van der Waals surface area contributed by atoms with E-state index in [1.807, 2.05) is 0 Å². The van der Waals surface area contributed by atoms with Crippen LogP contribution >= 0.6 is 11.6 Å². The SMILES string of the molecule is Fc1ccc(COc2ccc(F)cc2Cl)cc1. The Morgan fingerprint density at radius 3 is 2.24 bits per heavy atom. The van der Waals surface area contributed by atoms with Crippen LogP contribution in [0.15, 0.2) is 42.5 Å². The molecule has 0 aliphatic carbocycles. The molecule has 2 aromatic carbocycles. The molecule has 1 nitrogen and oxygen atoms in total. The van der Waals surface area contributed by atoms with E-state index in [-0.39, 0.29) is 17.4 Å². The minimum atomic E-state index is -0.413. The Kier molecular flexibility index (Phi) is 3.59. The zero-order valence-corrected chi connectivity index (χ0v) is 9.55. The molecule has 2 rings (SSSR count). The van der Waals surface area contributed by atoms with Crippen LogP contribution in [0.5, 0.6) is 5.75 Å². The molecule has 0 amide bonds. The molecule has 0 atom stereocenters. The molecule has 0 saturated heterocycles. The summed E-state index contributed by atoms with van der Waals surface area (Å²) in [5.41, 5.74) is 0.812. The molecule has 0 radical (unpaired) electrons. The minimum Gasteiger partial charge on any atom is -0.487 e. The highest BCUT2D eigenvalue weighted by Crippen LogP contribution is 2.25. The van der Waals surface area contributed by atoms with Crippen molar-refractivity contribution >= 4 is 11.6 Å². The maximum Gasteiger partial charge on any atom is 0.138 e. The maximum atomic E-state index is 12.8. The average molecular weight is 255 g/mol. The van der Waals surface area contributed by atoms with Gasteiger partial charge >= 0.3 is 0 Å². The Hall–Kier alpha value is -1.61. The zero-order chi connectivity index (χ0) is 12.3. The maximum absolute atomic E-state index is 12.8. The fourth-order valence-electron chi connectivity index (χ4n) is 1.33. The summed E-state index contributed by atoms with van der Waals surface area (Å²) >= 11 is 5.80. The third kappa shape index (κ3) is 3.17. The first-order valence-electron chi connectivity index (χ1n) is 4.97. The molecule has 88 valence electrons. The standard InChI is InChI=1S/C13H9ClF2O/c14-12-7-11(16)5-6-13(12)17-8-9-1-3-10(15)4-2-9/h1-7H,8H2. The monoisotopic (exact) mass is 254 g/mol. The molecule has 4 heteroatoms. The first-order valence-corrected chi connectivity index (χ1v) is 5.35. The predicted molar refractivity (Wildman–Crippen MR) is 62.1 cm³/mol. The van der Waals surface area contributed by atoms with Crippen LogP contribution in [0, 0.1) is 11.6 Å². The number of benzene rings is 2. The molecule has 0 aromatic heterocycles. The van der Waals surface area contributed by atoms with Crippen molar-refractivity contribution in [2.75, 3.05) is 0 Å². The summed E-state index contributed by atoms with van der Waals surface area (Å²) in [5.74, 6) is -0.310. The van der Waals surface area contributed by atoms with Gasteiger partial charge in [-0.15, -0.1) is 0 Å². The van der Waals surface area contributed by atoms with Crippen LogP contribution in [0.25, 0.3) is 0 Å². The van der Waals surface area contributed by atoms with Gasteiger partial charge in [0.25, 0.3) is 0 Å². The van der Waals surface area contributed by atoms with Crippen molar-refractivity contribution in [3.63, 3.8) is 0 Å². The number of ether oxygens (including phenoxy) is 1.